The Balaban J connectivity index is 0.00000729. The van der Waals surface area contributed by atoms with Crippen LogP contribution in [0.3, 0.4) is 0 Å². The summed E-state index contributed by atoms with van der Waals surface area (Å²) in [5.41, 5.74) is 0. The van der Waals surface area contributed by atoms with Crippen molar-refractivity contribution in [2.24, 2.45) is 18.0 Å². The van der Waals surface area contributed by atoms with Crippen molar-refractivity contribution in [3.05, 3.63) is 17.2 Å². The average Bonchev–Trinajstić information content (AvgIpc) is 2.95. The molecule has 0 aliphatic heterocycles. The summed E-state index contributed by atoms with van der Waals surface area (Å²) in [5.74, 6) is 2.12. The van der Waals surface area contributed by atoms with E-state index in [1.807, 2.05) is 23.6 Å². The zero-order valence-corrected chi connectivity index (χ0v) is 21.1. The van der Waals surface area contributed by atoms with Crippen molar-refractivity contribution in [2.45, 2.75) is 46.1 Å². The first-order chi connectivity index (χ1) is 12.8. The zero-order chi connectivity index (χ0) is 20.4. The summed E-state index contributed by atoms with van der Waals surface area (Å²) in [7, 11) is 7.31. The van der Waals surface area contributed by atoms with E-state index in [0.717, 1.165) is 18.8 Å². The first kappa shape index (κ1) is 27.0. The van der Waals surface area contributed by atoms with Gasteiger partial charge in [-0.2, -0.15) is 0 Å². The van der Waals surface area contributed by atoms with Crippen LogP contribution in [0.1, 0.15) is 45.4 Å². The second-order valence-corrected chi connectivity index (χ2v) is 7.52. The van der Waals surface area contributed by atoms with E-state index in [4.69, 9.17) is 11.6 Å². The average molecular weight is 527 g/mol. The van der Waals surface area contributed by atoms with Crippen LogP contribution in [-0.2, 0) is 18.4 Å². The third kappa shape index (κ3) is 8.98. The number of aliphatic imine (C=N–C) groups is 1. The molecule has 0 bridgehead atoms. The van der Waals surface area contributed by atoms with E-state index in [1.54, 1.807) is 25.2 Å². The Hall–Kier alpha value is -1.03. The summed E-state index contributed by atoms with van der Waals surface area (Å²) in [6.07, 6.45) is 6.39. The van der Waals surface area contributed by atoms with Crippen LogP contribution in [0, 0.1) is 5.92 Å². The minimum atomic E-state index is -0.0271. The van der Waals surface area contributed by atoms with Crippen molar-refractivity contribution in [1.82, 2.24) is 24.7 Å². The van der Waals surface area contributed by atoms with Gasteiger partial charge in [0, 0.05) is 34.7 Å². The molecule has 1 atom stereocenters. The largest absolute Gasteiger partial charge is 0.356 e. The Morgan fingerprint density at radius 2 is 2.04 bits per heavy atom. The summed E-state index contributed by atoms with van der Waals surface area (Å²) in [4.78, 5) is 24.4. The number of carbonyl (C=O) groups is 1. The number of nitrogens with zero attached hydrogens (tertiary/aromatic N) is 5. The van der Waals surface area contributed by atoms with Gasteiger partial charge in [-0.3, -0.25) is 4.79 Å². The summed E-state index contributed by atoms with van der Waals surface area (Å²) < 4.78 is 1.84. The summed E-state index contributed by atoms with van der Waals surface area (Å²) in [6, 6.07) is 0. The molecule has 0 fully saturated rings. The Bertz CT molecular complexity index is 620. The van der Waals surface area contributed by atoms with Gasteiger partial charge in [0.05, 0.1) is 12.7 Å². The van der Waals surface area contributed by atoms with Crippen molar-refractivity contribution in [3.63, 3.8) is 0 Å². The maximum atomic E-state index is 12.0. The number of rotatable bonds is 10. The van der Waals surface area contributed by atoms with Crippen LogP contribution >= 0.6 is 35.6 Å². The normalized spacial score (nSPS) is 12.3. The van der Waals surface area contributed by atoms with Crippen LogP contribution in [0.15, 0.2) is 11.2 Å². The lowest BCUT2D eigenvalue weighted by atomic mass is 9.99. The minimum Gasteiger partial charge on any atom is -0.356 e. The van der Waals surface area contributed by atoms with Crippen LogP contribution in [0.5, 0.6) is 0 Å². The highest BCUT2D eigenvalue weighted by atomic mass is 127. The second kappa shape index (κ2) is 14.0. The molecule has 1 unspecified atom stereocenters. The van der Waals surface area contributed by atoms with Crippen LogP contribution in [0.4, 0.5) is 0 Å². The number of likely N-dealkylation sites (N-methyl/N-ethyl adjacent to an activating group) is 1. The van der Waals surface area contributed by atoms with E-state index in [1.165, 1.54) is 19.3 Å². The maximum Gasteiger partial charge on any atom is 0.243 e. The Kier molecular flexibility index (Phi) is 13.5. The van der Waals surface area contributed by atoms with Crippen LogP contribution in [0.25, 0.3) is 0 Å². The van der Waals surface area contributed by atoms with E-state index in [9.17, 15) is 4.79 Å². The van der Waals surface area contributed by atoms with Gasteiger partial charge < -0.3 is 19.7 Å². The van der Waals surface area contributed by atoms with Crippen molar-refractivity contribution in [3.8, 4) is 0 Å². The predicted molar refractivity (Wildman–Crippen MR) is 127 cm³/mol. The fourth-order valence-electron chi connectivity index (χ4n) is 2.63. The monoisotopic (exact) mass is 526 g/mol. The van der Waals surface area contributed by atoms with Crippen LogP contribution in [0.2, 0.25) is 5.15 Å². The molecule has 1 rings (SSSR count). The number of halogens is 2. The van der Waals surface area contributed by atoms with Gasteiger partial charge in [-0.25, -0.2) is 9.98 Å². The molecule has 0 saturated carbocycles. The number of hydrogen-bond donors (Lipinski definition) is 1. The smallest absolute Gasteiger partial charge is 0.243 e. The molecule has 0 spiro atoms. The third-order valence-corrected chi connectivity index (χ3v) is 5.07. The minimum absolute atomic E-state index is 0. The molecule has 7 nitrogen and oxygen atoms in total. The highest BCUT2D eigenvalue weighted by Gasteiger charge is 2.14. The quantitative estimate of drug-likeness (QED) is 0.288. The van der Waals surface area contributed by atoms with E-state index in [0.29, 0.717) is 23.6 Å². The second-order valence-electron chi connectivity index (χ2n) is 7.14. The lowest BCUT2D eigenvalue weighted by Gasteiger charge is -2.25. The molecular formula is C19H36ClIN6O. The number of aromatic nitrogens is 2. The van der Waals surface area contributed by atoms with Crippen molar-refractivity contribution >= 4 is 47.4 Å². The molecule has 28 heavy (non-hydrogen) atoms. The number of hydrogen-bond acceptors (Lipinski definition) is 3. The van der Waals surface area contributed by atoms with E-state index in [-0.39, 0.29) is 36.4 Å². The highest BCUT2D eigenvalue weighted by molar-refractivity contribution is 14.0. The SMILES string of the molecule is CCCCC(CC)CNC(=NCC(=O)N(C)C)N(C)Cc1ncc(Cl)n1C.I. The Morgan fingerprint density at radius 3 is 2.54 bits per heavy atom. The van der Waals surface area contributed by atoms with Gasteiger partial charge in [-0.15, -0.1) is 24.0 Å². The number of amides is 1. The van der Waals surface area contributed by atoms with Crippen molar-refractivity contribution in [1.29, 1.82) is 0 Å². The Labute approximate surface area is 191 Å². The fraction of sp³-hybridized carbons (Fsp3) is 0.737. The molecule has 162 valence electrons. The highest BCUT2D eigenvalue weighted by Crippen LogP contribution is 2.13. The van der Waals surface area contributed by atoms with Gasteiger partial charge in [-0.1, -0.05) is 44.7 Å². The summed E-state index contributed by atoms with van der Waals surface area (Å²) in [5, 5.41) is 4.05. The van der Waals surface area contributed by atoms with Crippen LogP contribution < -0.4 is 5.32 Å². The van der Waals surface area contributed by atoms with E-state index >= 15 is 0 Å². The molecule has 1 heterocycles. The molecule has 1 aromatic heterocycles. The van der Waals surface area contributed by atoms with Gasteiger partial charge in [0.2, 0.25) is 5.91 Å². The molecule has 1 N–H and O–H groups in total. The standard InChI is InChI=1S/C19H35ClN6O.HI/c1-7-9-10-15(8-2)11-22-19(23-13-18(27)24(3)4)25(5)14-17-21-12-16(20)26(17)6;/h12,15H,7-11,13-14H2,1-6H3,(H,22,23);1H. The first-order valence-corrected chi connectivity index (χ1v) is 10.0. The van der Waals surface area contributed by atoms with Crippen LogP contribution in [-0.4, -0.2) is 65.5 Å². The molecule has 9 heteroatoms. The zero-order valence-electron chi connectivity index (χ0n) is 18.0. The lowest BCUT2D eigenvalue weighted by molar-refractivity contribution is -0.127. The van der Waals surface area contributed by atoms with Crippen molar-refractivity contribution < 1.29 is 4.79 Å². The maximum absolute atomic E-state index is 12.0. The number of imidazole rings is 1. The number of nitrogens with one attached hydrogen (secondary N) is 1. The van der Waals surface area contributed by atoms with E-state index < -0.39 is 0 Å². The van der Waals surface area contributed by atoms with Gasteiger partial charge in [-0.05, 0) is 12.3 Å². The molecule has 0 aromatic carbocycles. The predicted octanol–water partition coefficient (Wildman–Crippen LogP) is 3.37. The molecule has 0 radical (unpaired) electrons. The summed E-state index contributed by atoms with van der Waals surface area (Å²) >= 11 is 6.09. The molecule has 0 saturated heterocycles. The molecule has 0 aliphatic carbocycles. The lowest BCUT2D eigenvalue weighted by Crippen LogP contribution is -2.42. The molecule has 1 aromatic rings. The van der Waals surface area contributed by atoms with Gasteiger partial charge in [0.1, 0.15) is 17.5 Å². The van der Waals surface area contributed by atoms with E-state index in [2.05, 4.69) is 29.1 Å². The summed E-state index contributed by atoms with van der Waals surface area (Å²) in [6.45, 7) is 5.94. The van der Waals surface area contributed by atoms with Gasteiger partial charge in [0.25, 0.3) is 0 Å². The van der Waals surface area contributed by atoms with Crippen molar-refractivity contribution in [2.75, 3.05) is 34.2 Å². The first-order valence-electron chi connectivity index (χ1n) is 9.65. The van der Waals surface area contributed by atoms with Gasteiger partial charge >= 0.3 is 0 Å². The number of carbonyl (C=O) groups excluding carboxylic acids is 1. The number of unbranched alkanes of at least 4 members (excludes halogenated alkanes) is 1. The molecular weight excluding hydrogens is 491 g/mol. The molecule has 0 aliphatic rings. The Morgan fingerprint density at radius 1 is 1.36 bits per heavy atom. The number of guanidine groups is 1. The third-order valence-electron chi connectivity index (χ3n) is 4.72. The van der Waals surface area contributed by atoms with Gasteiger partial charge in [0.15, 0.2) is 5.96 Å². The molecule has 1 amide bonds. The topological polar surface area (TPSA) is 65.8 Å². The fourth-order valence-corrected chi connectivity index (χ4v) is 2.78.